The first-order valence-corrected chi connectivity index (χ1v) is 28.2. The Labute approximate surface area is 457 Å². The first-order chi connectivity index (χ1) is 37.4. The quantitative estimate of drug-likeness (QED) is 0.108. The van der Waals surface area contributed by atoms with Crippen LogP contribution in [-0.4, -0.2) is 166 Å². The molecule has 0 spiro atoms. The minimum Gasteiger partial charge on any atom is -0.394 e. The lowest BCUT2D eigenvalue weighted by Crippen LogP contribution is -2.60. The number of nitrogens with two attached hydrogens (primary N) is 1. The van der Waals surface area contributed by atoms with Gasteiger partial charge in [-0.2, -0.15) is 0 Å². The fourth-order valence-electron chi connectivity index (χ4n) is 13.2. The van der Waals surface area contributed by atoms with Crippen molar-refractivity contribution >= 4 is 87.1 Å². The van der Waals surface area contributed by atoms with Crippen molar-refractivity contribution in [2.24, 2.45) is 11.1 Å². The molecule has 2 aromatic carbocycles. The molecule has 1 aliphatic carbocycles. The molecule has 4 atom stereocenters. The Hall–Kier alpha value is -7.23. The average Bonchev–Trinajstić information content (AvgIpc) is 4.17. The number of aliphatic hydroxyl groups excluding tert-OH is 1. The highest BCUT2D eigenvalue weighted by Crippen LogP contribution is 2.45. The van der Waals surface area contributed by atoms with Crippen LogP contribution in [0, 0.1) is 5.41 Å². The summed E-state index contributed by atoms with van der Waals surface area (Å²) in [4.78, 5) is 117. The SMILES string of the molecule is C=CC(=O)Nc1cc(Nc2nc(N3CCCC(N4CCc5c(sc6c5CCC(C)(C)C6)C4=O)C3CO)cnc2C(N)=O)ccc1N1CCN(C2CCN(c3ccc4c(c3)C(=O)N(C3CCC(=O)N(C)C3=O)C4=O)CC2)C[C@@H]1C. The minimum atomic E-state index is -1.00. The Morgan fingerprint density at radius 2 is 1.67 bits per heavy atom. The van der Waals surface area contributed by atoms with Gasteiger partial charge in [0, 0.05) is 87.6 Å². The largest absolute Gasteiger partial charge is 0.394 e. The van der Waals surface area contributed by atoms with Crippen molar-refractivity contribution in [1.29, 1.82) is 0 Å². The van der Waals surface area contributed by atoms with Gasteiger partial charge in [-0.15, -0.1) is 11.3 Å². The molecular weight excluding hydrogens is 1010 g/mol. The number of hydrogen-bond donors (Lipinski definition) is 4. The van der Waals surface area contributed by atoms with Crippen LogP contribution in [0.5, 0.6) is 0 Å². The lowest BCUT2D eigenvalue weighted by molar-refractivity contribution is -0.149. The van der Waals surface area contributed by atoms with E-state index in [0.717, 1.165) is 104 Å². The van der Waals surface area contributed by atoms with Gasteiger partial charge in [-0.3, -0.25) is 48.3 Å². The van der Waals surface area contributed by atoms with Crippen LogP contribution in [-0.2, 0) is 33.6 Å². The predicted molar refractivity (Wildman–Crippen MR) is 297 cm³/mol. The molecular formula is C57H68N12O8S. The van der Waals surface area contributed by atoms with Crippen LogP contribution < -0.4 is 31.1 Å². The van der Waals surface area contributed by atoms with E-state index in [0.29, 0.717) is 42.9 Å². The number of amides is 7. The maximum Gasteiger partial charge on any atom is 0.271 e. The van der Waals surface area contributed by atoms with Crippen LogP contribution in [0.2, 0.25) is 0 Å². The van der Waals surface area contributed by atoms with Gasteiger partial charge < -0.3 is 41.1 Å². The first-order valence-electron chi connectivity index (χ1n) is 27.3. The lowest BCUT2D eigenvalue weighted by Gasteiger charge is -2.47. The molecule has 7 amide bonds. The molecule has 4 fully saturated rings. The van der Waals surface area contributed by atoms with Gasteiger partial charge in [0.05, 0.1) is 52.3 Å². The zero-order valence-electron chi connectivity index (χ0n) is 44.8. The molecule has 4 aromatic rings. The number of aromatic nitrogens is 2. The second kappa shape index (κ2) is 20.9. The second-order valence-corrected chi connectivity index (χ2v) is 23.8. The zero-order valence-corrected chi connectivity index (χ0v) is 45.6. The van der Waals surface area contributed by atoms with Crippen LogP contribution in [0.15, 0.2) is 55.3 Å². The van der Waals surface area contributed by atoms with Crippen molar-refractivity contribution in [1.82, 2.24) is 29.6 Å². The third kappa shape index (κ3) is 9.56. The fourth-order valence-corrected chi connectivity index (χ4v) is 14.8. The molecule has 0 saturated carbocycles. The van der Waals surface area contributed by atoms with Crippen LogP contribution in [0.4, 0.5) is 34.4 Å². The number of fused-ring (bicyclic) bond motifs is 4. The van der Waals surface area contributed by atoms with Gasteiger partial charge in [-0.25, -0.2) is 9.97 Å². The number of carbonyl (C=O) groups is 7. The van der Waals surface area contributed by atoms with Crippen molar-refractivity contribution in [2.45, 2.75) is 115 Å². The number of rotatable bonds is 12. The summed E-state index contributed by atoms with van der Waals surface area (Å²) in [6.07, 6.45) is 10.0. The fraction of sp³-hybridized carbons (Fsp3) is 0.491. The van der Waals surface area contributed by atoms with Crippen molar-refractivity contribution in [2.75, 3.05) is 84.8 Å². The van der Waals surface area contributed by atoms with Gasteiger partial charge in [0.1, 0.15) is 11.9 Å². The summed E-state index contributed by atoms with van der Waals surface area (Å²) in [6, 6.07) is 9.47. The third-order valence-corrected chi connectivity index (χ3v) is 18.7. The maximum absolute atomic E-state index is 14.3. The molecule has 78 heavy (non-hydrogen) atoms. The Balaban J connectivity index is 0.755. The average molecular weight is 1080 g/mol. The summed E-state index contributed by atoms with van der Waals surface area (Å²) < 4.78 is 0. The van der Waals surface area contributed by atoms with Crippen LogP contribution >= 0.6 is 11.3 Å². The Kier molecular flexibility index (Phi) is 14.1. The van der Waals surface area contributed by atoms with Gasteiger partial charge >= 0.3 is 0 Å². The van der Waals surface area contributed by atoms with E-state index in [-0.39, 0.29) is 71.4 Å². The number of piperazine rings is 1. The van der Waals surface area contributed by atoms with E-state index in [4.69, 9.17) is 10.7 Å². The van der Waals surface area contributed by atoms with Crippen LogP contribution in [0.1, 0.15) is 123 Å². The molecule has 6 aliphatic heterocycles. The molecule has 0 bridgehead atoms. The highest BCUT2D eigenvalue weighted by atomic mass is 32.1. The molecule has 410 valence electrons. The van der Waals surface area contributed by atoms with Gasteiger partial charge in [-0.05, 0) is 124 Å². The van der Waals surface area contributed by atoms with Crippen molar-refractivity contribution < 1.29 is 38.7 Å². The molecule has 20 nitrogen and oxygen atoms in total. The Bertz CT molecular complexity index is 3150. The van der Waals surface area contributed by atoms with E-state index in [1.807, 2.05) is 28.0 Å². The molecule has 7 aliphatic rings. The molecule has 0 radical (unpaired) electrons. The topological polar surface area (TPSA) is 238 Å². The zero-order chi connectivity index (χ0) is 54.9. The number of likely N-dealkylation sites (N-methyl/N-ethyl adjacent to an activating group) is 1. The number of hydrogen-bond acceptors (Lipinski definition) is 16. The number of primary amides is 1. The highest BCUT2D eigenvalue weighted by Gasteiger charge is 2.47. The highest BCUT2D eigenvalue weighted by molar-refractivity contribution is 7.14. The van der Waals surface area contributed by atoms with Gasteiger partial charge in [0.25, 0.3) is 29.5 Å². The number of likely N-dealkylation sites (tertiary alicyclic amines) is 1. The van der Waals surface area contributed by atoms with Crippen LogP contribution in [0.3, 0.4) is 0 Å². The number of nitrogens with zero attached hydrogens (tertiary/aromatic N) is 9. The van der Waals surface area contributed by atoms with E-state index in [2.05, 4.69) is 57.7 Å². The minimum absolute atomic E-state index is 0.0293. The molecule has 8 heterocycles. The molecule has 2 aromatic heterocycles. The Morgan fingerprint density at radius 1 is 0.885 bits per heavy atom. The van der Waals surface area contributed by atoms with Crippen molar-refractivity contribution in [3.63, 3.8) is 0 Å². The summed E-state index contributed by atoms with van der Waals surface area (Å²) in [5, 5.41) is 17.3. The summed E-state index contributed by atoms with van der Waals surface area (Å²) in [5.41, 5.74) is 11.8. The molecule has 11 rings (SSSR count). The summed E-state index contributed by atoms with van der Waals surface area (Å²) >= 11 is 1.65. The van der Waals surface area contributed by atoms with Crippen molar-refractivity contribution in [3.05, 3.63) is 93.0 Å². The first kappa shape index (κ1) is 52.8. The molecule has 5 N–H and O–H groups in total. The Morgan fingerprint density at radius 3 is 2.41 bits per heavy atom. The summed E-state index contributed by atoms with van der Waals surface area (Å²) in [7, 11) is 1.38. The smallest absolute Gasteiger partial charge is 0.271 e. The second-order valence-electron chi connectivity index (χ2n) is 22.7. The normalized spacial score (nSPS) is 23.8. The third-order valence-electron chi connectivity index (χ3n) is 17.4. The van der Waals surface area contributed by atoms with Gasteiger partial charge in [0.2, 0.25) is 11.8 Å². The predicted octanol–water partition coefficient (Wildman–Crippen LogP) is 4.97. The van der Waals surface area contributed by atoms with Crippen molar-refractivity contribution in [3.8, 4) is 0 Å². The van der Waals surface area contributed by atoms with E-state index < -0.39 is 41.6 Å². The van der Waals surface area contributed by atoms with Gasteiger partial charge in [-0.1, -0.05) is 20.4 Å². The molecule has 3 unspecified atom stereocenters. The number of thiophene rings is 1. The number of aliphatic hydroxyl groups is 1. The number of piperidine rings is 3. The molecule has 21 heteroatoms. The number of nitrogens with one attached hydrogen (secondary N) is 2. The maximum atomic E-state index is 14.3. The lowest BCUT2D eigenvalue weighted by atomic mass is 9.76. The number of imide groups is 2. The monoisotopic (exact) mass is 1080 g/mol. The van der Waals surface area contributed by atoms with E-state index in [9.17, 15) is 38.7 Å². The number of anilines is 6. The van der Waals surface area contributed by atoms with Crippen LogP contribution in [0.25, 0.3) is 0 Å². The summed E-state index contributed by atoms with van der Waals surface area (Å²) in [6.45, 7) is 15.0. The summed E-state index contributed by atoms with van der Waals surface area (Å²) in [5.74, 6) is -2.52. The van der Waals surface area contributed by atoms with E-state index in [1.165, 1.54) is 35.3 Å². The number of carbonyl (C=O) groups excluding carboxylic acids is 7. The van der Waals surface area contributed by atoms with E-state index in [1.54, 1.807) is 29.5 Å². The molecule has 4 saturated heterocycles. The van der Waals surface area contributed by atoms with Gasteiger partial charge in [0.15, 0.2) is 11.5 Å². The van der Waals surface area contributed by atoms with E-state index >= 15 is 0 Å². The number of benzene rings is 2. The standard InChI is InChI=1S/C57H68N12O8S/c1-6-47(71)61-40-26-33(60-52-49(51(58)73)59-29-46(62-52)67-20-7-8-42(44(67)31-70)68-23-18-37-36-15-19-57(3,4)28-45(36)78-50(37)56(68)77)9-12-41(40)66-25-24-65(30-32(66)2)34-16-21-64(22-17-34)35-10-11-38-39(27-35)54(75)69(53(38)74)43-13-14-48(72)63(5)55(43)76/h6,9-12,26-27,29,32,34,42-44,70H,1,7-8,13-25,28,30-31H2,2-5H3,(H2,58,73)(H,60,62)(H,61,71)/t32-,42?,43?,44?/m0/s1.